The van der Waals surface area contributed by atoms with Gasteiger partial charge in [0.25, 0.3) is 0 Å². The second-order valence-corrected chi connectivity index (χ2v) is 6.48. The predicted molar refractivity (Wildman–Crippen MR) is 82.7 cm³/mol. The average Bonchev–Trinajstić information content (AvgIpc) is 2.95. The topological polar surface area (TPSA) is 45.5 Å². The molecule has 1 amide bonds. The molecule has 1 aliphatic heterocycles. The molecule has 0 aliphatic carbocycles. The first kappa shape index (κ1) is 15.4. The Labute approximate surface area is 125 Å². The Balaban J connectivity index is 1.51. The molecule has 0 radical (unpaired) electrons. The Kier molecular flexibility index (Phi) is 6.47. The summed E-state index contributed by atoms with van der Waals surface area (Å²) >= 11 is 1.85. The highest BCUT2D eigenvalue weighted by atomic mass is 32.2. The molecule has 1 N–H and O–H groups in total. The molecule has 0 unspecified atom stereocenters. The number of likely N-dealkylation sites (tertiary alicyclic amines) is 1. The SMILES string of the molecule is CN1CCC[C@@H](C(=O)NCCCSCc2ccco2)C1. The van der Waals surface area contributed by atoms with E-state index in [2.05, 4.69) is 17.3 Å². The minimum Gasteiger partial charge on any atom is -0.468 e. The first-order chi connectivity index (χ1) is 9.75. The molecule has 0 spiro atoms. The number of nitrogens with zero attached hydrogens (tertiary/aromatic N) is 1. The van der Waals surface area contributed by atoms with Gasteiger partial charge in [0.05, 0.1) is 17.9 Å². The van der Waals surface area contributed by atoms with Crippen molar-refractivity contribution >= 4 is 17.7 Å². The van der Waals surface area contributed by atoms with E-state index < -0.39 is 0 Å². The molecule has 1 saturated heterocycles. The lowest BCUT2D eigenvalue weighted by Crippen LogP contribution is -2.41. The molecule has 20 heavy (non-hydrogen) atoms. The highest BCUT2D eigenvalue weighted by Gasteiger charge is 2.23. The zero-order chi connectivity index (χ0) is 14.2. The van der Waals surface area contributed by atoms with Gasteiger partial charge < -0.3 is 14.6 Å². The monoisotopic (exact) mass is 296 g/mol. The zero-order valence-electron chi connectivity index (χ0n) is 12.1. The van der Waals surface area contributed by atoms with Gasteiger partial charge in [-0.05, 0) is 50.7 Å². The fourth-order valence-corrected chi connectivity index (χ4v) is 3.34. The van der Waals surface area contributed by atoms with Crippen LogP contribution in [-0.4, -0.2) is 43.2 Å². The van der Waals surface area contributed by atoms with Crippen molar-refractivity contribution in [3.8, 4) is 0 Å². The lowest BCUT2D eigenvalue weighted by atomic mass is 9.98. The van der Waals surface area contributed by atoms with Crippen LogP contribution >= 0.6 is 11.8 Å². The van der Waals surface area contributed by atoms with E-state index in [1.54, 1.807) is 6.26 Å². The van der Waals surface area contributed by atoms with Crippen molar-refractivity contribution < 1.29 is 9.21 Å². The molecule has 112 valence electrons. The Morgan fingerprint density at radius 3 is 3.25 bits per heavy atom. The van der Waals surface area contributed by atoms with Crippen LogP contribution in [0.25, 0.3) is 0 Å². The number of nitrogens with one attached hydrogen (secondary N) is 1. The van der Waals surface area contributed by atoms with Crippen molar-refractivity contribution in [1.82, 2.24) is 10.2 Å². The minimum atomic E-state index is 0.185. The minimum absolute atomic E-state index is 0.185. The molecule has 1 atom stereocenters. The maximum atomic E-state index is 12.0. The predicted octanol–water partition coefficient (Wildman–Crippen LogP) is 2.36. The number of amides is 1. The molecule has 0 bridgehead atoms. The third kappa shape index (κ3) is 5.21. The number of carbonyl (C=O) groups excluding carboxylic acids is 1. The van der Waals surface area contributed by atoms with E-state index in [1.807, 2.05) is 23.9 Å². The van der Waals surface area contributed by atoms with Crippen molar-refractivity contribution in [2.75, 3.05) is 32.4 Å². The molecular weight excluding hydrogens is 272 g/mol. The van der Waals surface area contributed by atoms with Gasteiger partial charge in [0.15, 0.2) is 0 Å². The second kappa shape index (κ2) is 8.37. The van der Waals surface area contributed by atoms with Crippen LogP contribution in [0.4, 0.5) is 0 Å². The maximum Gasteiger partial charge on any atom is 0.224 e. The van der Waals surface area contributed by atoms with Crippen molar-refractivity contribution in [2.45, 2.75) is 25.0 Å². The van der Waals surface area contributed by atoms with Crippen LogP contribution < -0.4 is 5.32 Å². The number of rotatable bonds is 7. The van der Waals surface area contributed by atoms with Gasteiger partial charge in [-0.25, -0.2) is 0 Å². The smallest absolute Gasteiger partial charge is 0.224 e. The fraction of sp³-hybridized carbons (Fsp3) is 0.667. The van der Waals surface area contributed by atoms with Crippen LogP contribution in [0.3, 0.4) is 0 Å². The molecule has 1 aromatic heterocycles. The number of hydrogen-bond donors (Lipinski definition) is 1. The molecule has 1 aromatic rings. The lowest BCUT2D eigenvalue weighted by molar-refractivity contribution is -0.126. The summed E-state index contributed by atoms with van der Waals surface area (Å²) in [6.45, 7) is 2.80. The summed E-state index contributed by atoms with van der Waals surface area (Å²) in [5, 5.41) is 3.06. The highest BCUT2D eigenvalue weighted by Crippen LogP contribution is 2.15. The van der Waals surface area contributed by atoms with Crippen LogP contribution in [0.2, 0.25) is 0 Å². The van der Waals surface area contributed by atoms with Gasteiger partial charge in [0.1, 0.15) is 5.76 Å². The van der Waals surface area contributed by atoms with Crippen molar-refractivity contribution in [3.63, 3.8) is 0 Å². The summed E-state index contributed by atoms with van der Waals surface area (Å²) in [5.74, 6) is 3.39. The molecule has 1 aliphatic rings. The van der Waals surface area contributed by atoms with Crippen LogP contribution in [-0.2, 0) is 10.5 Å². The first-order valence-electron chi connectivity index (χ1n) is 7.32. The number of thioether (sulfide) groups is 1. The molecule has 2 heterocycles. The summed E-state index contributed by atoms with van der Waals surface area (Å²) in [7, 11) is 2.09. The van der Waals surface area contributed by atoms with Gasteiger partial charge in [-0.3, -0.25) is 4.79 Å². The summed E-state index contributed by atoms with van der Waals surface area (Å²) in [5.41, 5.74) is 0. The van der Waals surface area contributed by atoms with E-state index in [1.165, 1.54) is 0 Å². The Morgan fingerprint density at radius 2 is 2.50 bits per heavy atom. The zero-order valence-corrected chi connectivity index (χ0v) is 13.0. The van der Waals surface area contributed by atoms with E-state index in [4.69, 9.17) is 4.42 Å². The van der Waals surface area contributed by atoms with Crippen LogP contribution in [0, 0.1) is 5.92 Å². The third-order valence-electron chi connectivity index (χ3n) is 3.58. The standard InChI is InChI=1S/C15H24N2O2S/c1-17-8-2-5-13(11-17)15(18)16-7-4-10-20-12-14-6-3-9-19-14/h3,6,9,13H,2,4-5,7-8,10-12H2,1H3,(H,16,18)/t13-/m1/s1. The van der Waals surface area contributed by atoms with Crippen molar-refractivity contribution in [1.29, 1.82) is 0 Å². The number of piperidine rings is 1. The van der Waals surface area contributed by atoms with Crippen LogP contribution in [0.1, 0.15) is 25.0 Å². The summed E-state index contributed by atoms with van der Waals surface area (Å²) in [6.07, 6.45) is 4.88. The third-order valence-corrected chi connectivity index (χ3v) is 4.65. The molecule has 4 nitrogen and oxygen atoms in total. The van der Waals surface area contributed by atoms with E-state index in [9.17, 15) is 4.79 Å². The van der Waals surface area contributed by atoms with Crippen molar-refractivity contribution in [2.24, 2.45) is 5.92 Å². The van der Waals surface area contributed by atoms with Gasteiger partial charge in [-0.15, -0.1) is 0 Å². The molecule has 1 fully saturated rings. The largest absolute Gasteiger partial charge is 0.468 e. The van der Waals surface area contributed by atoms with Gasteiger partial charge in [0, 0.05) is 13.1 Å². The van der Waals surface area contributed by atoms with Gasteiger partial charge in [-0.2, -0.15) is 11.8 Å². The average molecular weight is 296 g/mol. The fourth-order valence-electron chi connectivity index (χ4n) is 2.48. The van der Waals surface area contributed by atoms with Crippen molar-refractivity contribution in [3.05, 3.63) is 24.2 Å². The quantitative estimate of drug-likeness (QED) is 0.785. The molecule has 0 saturated carbocycles. The molecule has 5 heteroatoms. The lowest BCUT2D eigenvalue weighted by Gasteiger charge is -2.28. The first-order valence-corrected chi connectivity index (χ1v) is 8.47. The Bertz CT molecular complexity index is 395. The molecule has 0 aromatic carbocycles. The molecule has 2 rings (SSSR count). The number of hydrogen-bond acceptors (Lipinski definition) is 4. The highest BCUT2D eigenvalue weighted by molar-refractivity contribution is 7.98. The summed E-state index contributed by atoms with van der Waals surface area (Å²) in [6, 6.07) is 3.91. The molecular formula is C15H24N2O2S. The van der Waals surface area contributed by atoms with Crippen LogP contribution in [0.5, 0.6) is 0 Å². The van der Waals surface area contributed by atoms with E-state index in [-0.39, 0.29) is 11.8 Å². The van der Waals surface area contributed by atoms with Gasteiger partial charge in [0.2, 0.25) is 5.91 Å². The summed E-state index contributed by atoms with van der Waals surface area (Å²) in [4.78, 5) is 14.2. The van der Waals surface area contributed by atoms with E-state index >= 15 is 0 Å². The second-order valence-electron chi connectivity index (χ2n) is 5.38. The Hall–Kier alpha value is -0.940. The van der Waals surface area contributed by atoms with E-state index in [0.29, 0.717) is 0 Å². The Morgan fingerprint density at radius 1 is 1.60 bits per heavy atom. The normalized spacial score (nSPS) is 19.9. The summed E-state index contributed by atoms with van der Waals surface area (Å²) < 4.78 is 5.27. The maximum absolute atomic E-state index is 12.0. The van der Waals surface area contributed by atoms with Crippen LogP contribution in [0.15, 0.2) is 22.8 Å². The number of carbonyl (C=O) groups is 1. The van der Waals surface area contributed by atoms with E-state index in [0.717, 1.165) is 56.2 Å². The van der Waals surface area contributed by atoms with Gasteiger partial charge in [-0.1, -0.05) is 0 Å². The van der Waals surface area contributed by atoms with Gasteiger partial charge >= 0.3 is 0 Å². The number of furan rings is 1.